The highest BCUT2D eigenvalue weighted by atomic mass is 16.6. The standard InChI is InChI=1S/C12H17NO/c1-2-3-7-10-14-13-11-12-8-5-4-6-9-12/h4-6,8-9,11H,2-3,7,10H2,1H3. The monoisotopic (exact) mass is 191 g/mol. The summed E-state index contributed by atoms with van der Waals surface area (Å²) < 4.78 is 0. The summed E-state index contributed by atoms with van der Waals surface area (Å²) in [6, 6.07) is 9.95. The molecule has 0 aromatic heterocycles. The number of unbranched alkanes of at least 4 members (excludes halogenated alkanes) is 2. The van der Waals surface area contributed by atoms with E-state index in [1.54, 1.807) is 6.21 Å². The van der Waals surface area contributed by atoms with Crippen molar-refractivity contribution in [2.24, 2.45) is 5.16 Å². The molecule has 0 radical (unpaired) electrons. The number of oxime groups is 1. The molecule has 0 heterocycles. The van der Waals surface area contributed by atoms with Gasteiger partial charge in [0.1, 0.15) is 6.61 Å². The predicted molar refractivity (Wildman–Crippen MR) is 59.5 cm³/mol. The van der Waals surface area contributed by atoms with Gasteiger partial charge in [-0.15, -0.1) is 0 Å². The molecule has 0 aliphatic carbocycles. The van der Waals surface area contributed by atoms with E-state index >= 15 is 0 Å². The first-order chi connectivity index (χ1) is 6.93. The minimum Gasteiger partial charge on any atom is -0.396 e. The lowest BCUT2D eigenvalue weighted by Gasteiger charge is -1.96. The maximum absolute atomic E-state index is 5.11. The molecule has 0 fully saturated rings. The molecule has 0 amide bonds. The quantitative estimate of drug-likeness (QED) is 0.384. The van der Waals surface area contributed by atoms with Crippen LogP contribution in [0, 0.1) is 0 Å². The van der Waals surface area contributed by atoms with Gasteiger partial charge in [0.25, 0.3) is 0 Å². The molecule has 0 spiro atoms. The summed E-state index contributed by atoms with van der Waals surface area (Å²) in [6.07, 6.45) is 5.25. The Labute approximate surface area is 85.6 Å². The Morgan fingerprint density at radius 1 is 1.21 bits per heavy atom. The van der Waals surface area contributed by atoms with Crippen molar-refractivity contribution >= 4 is 6.21 Å². The van der Waals surface area contributed by atoms with Gasteiger partial charge in [-0.1, -0.05) is 55.3 Å². The summed E-state index contributed by atoms with van der Waals surface area (Å²) in [4.78, 5) is 5.11. The van der Waals surface area contributed by atoms with Crippen molar-refractivity contribution in [1.82, 2.24) is 0 Å². The lowest BCUT2D eigenvalue weighted by atomic mass is 10.2. The highest BCUT2D eigenvalue weighted by molar-refractivity contribution is 5.78. The Morgan fingerprint density at radius 2 is 2.00 bits per heavy atom. The van der Waals surface area contributed by atoms with Gasteiger partial charge in [0.2, 0.25) is 0 Å². The Kier molecular flexibility index (Phi) is 5.48. The van der Waals surface area contributed by atoms with E-state index in [0.717, 1.165) is 18.6 Å². The topological polar surface area (TPSA) is 21.6 Å². The van der Waals surface area contributed by atoms with Gasteiger partial charge < -0.3 is 4.84 Å². The van der Waals surface area contributed by atoms with Crippen LogP contribution >= 0.6 is 0 Å². The summed E-state index contributed by atoms with van der Waals surface area (Å²) in [7, 11) is 0. The van der Waals surface area contributed by atoms with Gasteiger partial charge in [0.15, 0.2) is 0 Å². The Hall–Kier alpha value is -1.31. The van der Waals surface area contributed by atoms with Gasteiger partial charge in [0.05, 0.1) is 6.21 Å². The van der Waals surface area contributed by atoms with Gasteiger partial charge in [-0.05, 0) is 12.0 Å². The van der Waals surface area contributed by atoms with Gasteiger partial charge >= 0.3 is 0 Å². The molecule has 0 N–H and O–H groups in total. The molecule has 0 aliphatic rings. The Bertz CT molecular complexity index is 256. The molecule has 2 nitrogen and oxygen atoms in total. The average molecular weight is 191 g/mol. The zero-order chi connectivity index (χ0) is 10.1. The van der Waals surface area contributed by atoms with Crippen LogP contribution in [0.2, 0.25) is 0 Å². The fourth-order valence-corrected chi connectivity index (χ4v) is 1.11. The molecule has 1 rings (SSSR count). The van der Waals surface area contributed by atoms with Crippen LogP contribution in [0.25, 0.3) is 0 Å². The van der Waals surface area contributed by atoms with E-state index in [1.807, 2.05) is 30.3 Å². The molecule has 14 heavy (non-hydrogen) atoms. The molecular weight excluding hydrogens is 174 g/mol. The number of nitrogens with zero attached hydrogens (tertiary/aromatic N) is 1. The van der Waals surface area contributed by atoms with Crippen molar-refractivity contribution in [2.45, 2.75) is 26.2 Å². The second kappa shape index (κ2) is 7.13. The molecule has 1 aromatic carbocycles. The molecular formula is C12H17NO. The Balaban J connectivity index is 2.15. The normalized spacial score (nSPS) is 10.6. The van der Waals surface area contributed by atoms with Gasteiger partial charge in [-0.2, -0.15) is 0 Å². The van der Waals surface area contributed by atoms with Crippen LogP contribution in [-0.2, 0) is 4.84 Å². The zero-order valence-electron chi connectivity index (χ0n) is 8.65. The van der Waals surface area contributed by atoms with Crippen LogP contribution in [-0.4, -0.2) is 12.8 Å². The van der Waals surface area contributed by atoms with Crippen LogP contribution in [0.5, 0.6) is 0 Å². The minimum atomic E-state index is 0.719. The van der Waals surface area contributed by atoms with E-state index in [9.17, 15) is 0 Å². The van der Waals surface area contributed by atoms with Gasteiger partial charge in [0, 0.05) is 0 Å². The lowest BCUT2D eigenvalue weighted by Crippen LogP contribution is -1.88. The summed E-state index contributed by atoms with van der Waals surface area (Å²) in [5, 5.41) is 3.89. The fourth-order valence-electron chi connectivity index (χ4n) is 1.11. The van der Waals surface area contributed by atoms with Crippen LogP contribution in [0.3, 0.4) is 0 Å². The lowest BCUT2D eigenvalue weighted by molar-refractivity contribution is 0.141. The maximum Gasteiger partial charge on any atom is 0.117 e. The third-order valence-corrected chi connectivity index (χ3v) is 1.92. The fraction of sp³-hybridized carbons (Fsp3) is 0.417. The van der Waals surface area contributed by atoms with Crippen LogP contribution in [0.1, 0.15) is 31.7 Å². The summed E-state index contributed by atoms with van der Waals surface area (Å²) in [5.74, 6) is 0. The van der Waals surface area contributed by atoms with Gasteiger partial charge in [-0.3, -0.25) is 0 Å². The minimum absolute atomic E-state index is 0.719. The summed E-state index contributed by atoms with van der Waals surface area (Å²) in [5.41, 5.74) is 1.07. The molecule has 2 heteroatoms. The second-order valence-electron chi connectivity index (χ2n) is 3.19. The predicted octanol–water partition coefficient (Wildman–Crippen LogP) is 3.23. The first-order valence-corrected chi connectivity index (χ1v) is 5.14. The summed E-state index contributed by atoms with van der Waals surface area (Å²) in [6.45, 7) is 2.89. The van der Waals surface area contributed by atoms with E-state index in [0.29, 0.717) is 0 Å². The maximum atomic E-state index is 5.11. The highest BCUT2D eigenvalue weighted by Crippen LogP contribution is 1.96. The zero-order valence-corrected chi connectivity index (χ0v) is 8.65. The first kappa shape index (κ1) is 10.8. The van der Waals surface area contributed by atoms with Crippen molar-refractivity contribution in [3.8, 4) is 0 Å². The molecule has 0 saturated heterocycles. The first-order valence-electron chi connectivity index (χ1n) is 5.14. The number of rotatable bonds is 6. The molecule has 0 aliphatic heterocycles. The van der Waals surface area contributed by atoms with Crippen molar-refractivity contribution < 1.29 is 4.84 Å². The number of hydrogen-bond acceptors (Lipinski definition) is 2. The van der Waals surface area contributed by atoms with Gasteiger partial charge in [-0.25, -0.2) is 0 Å². The van der Waals surface area contributed by atoms with Crippen molar-refractivity contribution in [3.63, 3.8) is 0 Å². The second-order valence-corrected chi connectivity index (χ2v) is 3.19. The van der Waals surface area contributed by atoms with E-state index in [1.165, 1.54) is 12.8 Å². The number of hydrogen-bond donors (Lipinski definition) is 0. The SMILES string of the molecule is CCCCCON=Cc1ccccc1. The molecule has 0 unspecified atom stereocenters. The van der Waals surface area contributed by atoms with Crippen LogP contribution in [0.15, 0.2) is 35.5 Å². The van der Waals surface area contributed by atoms with E-state index < -0.39 is 0 Å². The smallest absolute Gasteiger partial charge is 0.117 e. The Morgan fingerprint density at radius 3 is 2.71 bits per heavy atom. The average Bonchev–Trinajstić information content (AvgIpc) is 2.25. The van der Waals surface area contributed by atoms with E-state index in [4.69, 9.17) is 4.84 Å². The van der Waals surface area contributed by atoms with Crippen molar-refractivity contribution in [3.05, 3.63) is 35.9 Å². The molecule has 1 aromatic rings. The third-order valence-electron chi connectivity index (χ3n) is 1.92. The van der Waals surface area contributed by atoms with E-state index in [-0.39, 0.29) is 0 Å². The largest absolute Gasteiger partial charge is 0.396 e. The van der Waals surface area contributed by atoms with Crippen molar-refractivity contribution in [2.75, 3.05) is 6.61 Å². The summed E-state index contributed by atoms with van der Waals surface area (Å²) >= 11 is 0. The number of benzene rings is 1. The van der Waals surface area contributed by atoms with Crippen LogP contribution < -0.4 is 0 Å². The van der Waals surface area contributed by atoms with Crippen molar-refractivity contribution in [1.29, 1.82) is 0 Å². The third kappa shape index (κ3) is 4.65. The molecule has 0 saturated carbocycles. The highest BCUT2D eigenvalue weighted by Gasteiger charge is 1.86. The molecule has 0 atom stereocenters. The van der Waals surface area contributed by atoms with Crippen LogP contribution in [0.4, 0.5) is 0 Å². The molecule has 76 valence electrons. The molecule has 0 bridgehead atoms. The van der Waals surface area contributed by atoms with E-state index in [2.05, 4.69) is 12.1 Å².